The van der Waals surface area contributed by atoms with Crippen molar-refractivity contribution >= 4 is 34.4 Å². The number of nitrogens with one attached hydrogen (secondary N) is 2. The summed E-state index contributed by atoms with van der Waals surface area (Å²) in [5, 5.41) is 7.27. The van der Waals surface area contributed by atoms with Gasteiger partial charge in [0.1, 0.15) is 0 Å². The minimum absolute atomic E-state index is 0.305. The van der Waals surface area contributed by atoms with E-state index in [1.54, 1.807) is 0 Å². The zero-order chi connectivity index (χ0) is 17.6. The highest BCUT2D eigenvalue weighted by Gasteiger charge is 2.19. The largest absolute Gasteiger partial charge is 0.378 e. The van der Waals surface area contributed by atoms with Gasteiger partial charge in [-0.15, -0.1) is 0 Å². The maximum Gasteiger partial charge on any atom is 0.171 e. The van der Waals surface area contributed by atoms with Crippen LogP contribution in [0.15, 0.2) is 18.2 Å². The Labute approximate surface area is 155 Å². The summed E-state index contributed by atoms with van der Waals surface area (Å²) in [7, 11) is 0. The maximum atomic E-state index is 5.51. The standard InChI is InChI=1S/C18H28N4O2S/c1-14(2)19-18(25)20-16-4-3-15(21-5-9-23-10-6-21)13-17(16)22-7-11-24-12-8-22/h3-4,13-14H,5-12H2,1-2H3,(H2,19,20,25). The van der Waals surface area contributed by atoms with Crippen molar-refractivity contribution in [3.05, 3.63) is 18.2 Å². The van der Waals surface area contributed by atoms with E-state index in [4.69, 9.17) is 21.7 Å². The predicted octanol–water partition coefficient (Wildman–Crippen LogP) is 2.05. The fourth-order valence-electron chi connectivity index (χ4n) is 3.13. The molecule has 0 atom stereocenters. The molecular formula is C18H28N4O2S. The molecular weight excluding hydrogens is 336 g/mol. The van der Waals surface area contributed by atoms with Gasteiger partial charge in [-0.2, -0.15) is 0 Å². The van der Waals surface area contributed by atoms with Crippen LogP contribution in [0.4, 0.5) is 17.1 Å². The van der Waals surface area contributed by atoms with Crippen LogP contribution in [0.2, 0.25) is 0 Å². The number of hydrogen-bond donors (Lipinski definition) is 2. The number of morpholine rings is 2. The van der Waals surface area contributed by atoms with Crippen molar-refractivity contribution in [3.63, 3.8) is 0 Å². The molecule has 2 aliphatic rings. The van der Waals surface area contributed by atoms with Gasteiger partial charge in [-0.1, -0.05) is 0 Å². The molecule has 2 fully saturated rings. The quantitative estimate of drug-likeness (QED) is 0.793. The number of hydrogen-bond acceptors (Lipinski definition) is 5. The number of ether oxygens (including phenoxy) is 2. The minimum atomic E-state index is 0.305. The highest BCUT2D eigenvalue weighted by atomic mass is 32.1. The molecule has 2 heterocycles. The van der Waals surface area contributed by atoms with Crippen LogP contribution >= 0.6 is 12.2 Å². The molecule has 138 valence electrons. The molecule has 0 aromatic heterocycles. The van der Waals surface area contributed by atoms with Crippen molar-refractivity contribution in [1.82, 2.24) is 5.32 Å². The Kier molecular flexibility index (Phi) is 6.34. The van der Waals surface area contributed by atoms with E-state index in [9.17, 15) is 0 Å². The van der Waals surface area contributed by atoms with Gasteiger partial charge in [-0.25, -0.2) is 0 Å². The first-order chi connectivity index (χ1) is 12.1. The lowest BCUT2D eigenvalue weighted by molar-refractivity contribution is 0.122. The predicted molar refractivity (Wildman–Crippen MR) is 107 cm³/mol. The second-order valence-corrected chi connectivity index (χ2v) is 7.06. The smallest absolute Gasteiger partial charge is 0.171 e. The molecule has 0 aliphatic carbocycles. The summed E-state index contributed by atoms with van der Waals surface area (Å²) in [4.78, 5) is 4.75. The van der Waals surface area contributed by atoms with Gasteiger partial charge in [0, 0.05) is 37.9 Å². The maximum absolute atomic E-state index is 5.51. The van der Waals surface area contributed by atoms with E-state index in [-0.39, 0.29) is 0 Å². The molecule has 0 radical (unpaired) electrons. The van der Waals surface area contributed by atoms with E-state index in [1.807, 2.05) is 0 Å². The Morgan fingerprint density at radius 1 is 1.00 bits per heavy atom. The molecule has 1 aromatic carbocycles. The van der Waals surface area contributed by atoms with Gasteiger partial charge < -0.3 is 29.9 Å². The Hall–Kier alpha value is -1.57. The second-order valence-electron chi connectivity index (χ2n) is 6.65. The molecule has 6 nitrogen and oxygen atoms in total. The first-order valence-electron chi connectivity index (χ1n) is 9.00. The lowest BCUT2D eigenvalue weighted by Gasteiger charge is -2.34. The molecule has 0 spiro atoms. The van der Waals surface area contributed by atoms with Crippen LogP contribution in [0.3, 0.4) is 0 Å². The van der Waals surface area contributed by atoms with Crippen LogP contribution < -0.4 is 20.4 Å². The van der Waals surface area contributed by atoms with Gasteiger partial charge in [0.2, 0.25) is 0 Å². The molecule has 2 aliphatic heterocycles. The van der Waals surface area contributed by atoms with Crippen LogP contribution in [0.25, 0.3) is 0 Å². The summed E-state index contributed by atoms with van der Waals surface area (Å²) in [5.74, 6) is 0. The fraction of sp³-hybridized carbons (Fsp3) is 0.611. The Morgan fingerprint density at radius 2 is 1.60 bits per heavy atom. The molecule has 3 rings (SSSR count). The van der Waals surface area contributed by atoms with Crippen LogP contribution in [-0.4, -0.2) is 63.8 Å². The van der Waals surface area contributed by atoms with Crippen molar-refractivity contribution in [2.24, 2.45) is 0 Å². The summed E-state index contributed by atoms with van der Waals surface area (Å²) in [6, 6.07) is 6.86. The van der Waals surface area contributed by atoms with Gasteiger partial charge in [0.25, 0.3) is 0 Å². The van der Waals surface area contributed by atoms with Gasteiger partial charge in [-0.05, 0) is 44.3 Å². The summed E-state index contributed by atoms with van der Waals surface area (Å²) >= 11 is 5.44. The number of anilines is 3. The van der Waals surface area contributed by atoms with Crippen LogP contribution in [-0.2, 0) is 9.47 Å². The van der Waals surface area contributed by atoms with Crippen LogP contribution in [0.1, 0.15) is 13.8 Å². The lowest BCUT2D eigenvalue weighted by Crippen LogP contribution is -2.39. The van der Waals surface area contributed by atoms with Crippen LogP contribution in [0.5, 0.6) is 0 Å². The van der Waals surface area contributed by atoms with E-state index in [1.165, 1.54) is 11.4 Å². The molecule has 0 unspecified atom stereocenters. The summed E-state index contributed by atoms with van der Waals surface area (Å²) in [6.45, 7) is 10.9. The number of benzene rings is 1. The SMILES string of the molecule is CC(C)NC(=S)Nc1ccc(N2CCOCC2)cc1N1CCOCC1. The molecule has 2 N–H and O–H groups in total. The third-order valence-electron chi connectivity index (χ3n) is 4.38. The minimum Gasteiger partial charge on any atom is -0.378 e. The van der Waals surface area contributed by atoms with Crippen LogP contribution in [0, 0.1) is 0 Å². The highest BCUT2D eigenvalue weighted by Crippen LogP contribution is 2.32. The molecule has 0 saturated carbocycles. The van der Waals surface area contributed by atoms with E-state index >= 15 is 0 Å². The molecule has 0 amide bonds. The number of thiocarbonyl (C=S) groups is 1. The Balaban J connectivity index is 1.83. The van der Waals surface area contributed by atoms with E-state index in [0.29, 0.717) is 11.2 Å². The Morgan fingerprint density at radius 3 is 2.20 bits per heavy atom. The zero-order valence-electron chi connectivity index (χ0n) is 15.1. The third kappa shape index (κ3) is 4.96. The average molecular weight is 365 g/mol. The second kappa shape index (κ2) is 8.69. The van der Waals surface area contributed by atoms with Gasteiger partial charge in [-0.3, -0.25) is 0 Å². The number of rotatable bonds is 4. The van der Waals surface area contributed by atoms with Crippen molar-refractivity contribution in [2.75, 3.05) is 67.7 Å². The first kappa shape index (κ1) is 18.2. The van der Waals surface area contributed by atoms with Gasteiger partial charge >= 0.3 is 0 Å². The van der Waals surface area contributed by atoms with Crippen molar-refractivity contribution < 1.29 is 9.47 Å². The molecule has 0 bridgehead atoms. The van der Waals surface area contributed by atoms with E-state index in [2.05, 4.69) is 52.5 Å². The van der Waals surface area contributed by atoms with Crippen molar-refractivity contribution in [2.45, 2.75) is 19.9 Å². The Bertz CT molecular complexity index is 584. The highest BCUT2D eigenvalue weighted by molar-refractivity contribution is 7.80. The normalized spacial score (nSPS) is 18.4. The van der Waals surface area contributed by atoms with Crippen molar-refractivity contribution in [3.8, 4) is 0 Å². The lowest BCUT2D eigenvalue weighted by atomic mass is 10.2. The summed E-state index contributed by atoms with van der Waals surface area (Å²) in [5.41, 5.74) is 3.45. The number of nitrogens with zero attached hydrogens (tertiary/aromatic N) is 2. The third-order valence-corrected chi connectivity index (χ3v) is 4.60. The average Bonchev–Trinajstić information content (AvgIpc) is 2.63. The van der Waals surface area contributed by atoms with E-state index < -0.39 is 0 Å². The molecule has 7 heteroatoms. The molecule has 1 aromatic rings. The van der Waals surface area contributed by atoms with Gasteiger partial charge in [0.15, 0.2) is 5.11 Å². The fourth-order valence-corrected chi connectivity index (χ4v) is 3.48. The van der Waals surface area contributed by atoms with E-state index in [0.717, 1.165) is 58.3 Å². The van der Waals surface area contributed by atoms with Crippen molar-refractivity contribution in [1.29, 1.82) is 0 Å². The summed E-state index contributed by atoms with van der Waals surface area (Å²) < 4.78 is 11.0. The molecule has 25 heavy (non-hydrogen) atoms. The topological polar surface area (TPSA) is 49.0 Å². The molecule has 2 saturated heterocycles. The zero-order valence-corrected chi connectivity index (χ0v) is 15.9. The first-order valence-corrected chi connectivity index (χ1v) is 9.41. The van der Waals surface area contributed by atoms with Gasteiger partial charge in [0.05, 0.1) is 37.8 Å². The summed E-state index contributed by atoms with van der Waals surface area (Å²) in [6.07, 6.45) is 0. The monoisotopic (exact) mass is 364 g/mol.